The van der Waals surface area contributed by atoms with Gasteiger partial charge in [-0.2, -0.15) is 13.2 Å². The van der Waals surface area contributed by atoms with E-state index in [1.54, 1.807) is 24.3 Å². The van der Waals surface area contributed by atoms with Crippen molar-refractivity contribution in [2.45, 2.75) is 35.4 Å². The predicted octanol–water partition coefficient (Wildman–Crippen LogP) is 8.03. The number of carbonyl (C=O) groups excluding carboxylic acids is 2. The summed E-state index contributed by atoms with van der Waals surface area (Å²) in [6.45, 7) is 0.164. The van der Waals surface area contributed by atoms with Crippen molar-refractivity contribution in [2.24, 2.45) is 29.6 Å². The van der Waals surface area contributed by atoms with Crippen LogP contribution in [0.2, 0.25) is 10.0 Å². The number of nitrogens with one attached hydrogen (secondary N) is 1. The number of benzene rings is 3. The van der Waals surface area contributed by atoms with Crippen LogP contribution in [0.4, 0.5) is 18.9 Å². The van der Waals surface area contributed by atoms with Crippen molar-refractivity contribution in [3.63, 3.8) is 0 Å². The minimum absolute atomic E-state index is 0.137. The number of nitrogens with zero attached hydrogens (tertiary/aromatic N) is 1. The molecule has 0 spiro atoms. The lowest BCUT2D eigenvalue weighted by Crippen LogP contribution is -2.42. The second kappa shape index (κ2) is 11.6. The summed E-state index contributed by atoms with van der Waals surface area (Å²) < 4.78 is 53.8. The van der Waals surface area contributed by atoms with Gasteiger partial charge in [-0.3, -0.25) is 14.4 Å². The number of imide groups is 1. The summed E-state index contributed by atoms with van der Waals surface area (Å²) in [4.78, 5) is 44.9. The number of hydrogen-bond donors (Lipinski definition) is 1. The largest absolute Gasteiger partial charge is 0.493 e. The molecule has 3 aromatic carbocycles. The highest BCUT2D eigenvalue weighted by Gasteiger charge is 2.70. The smallest absolute Gasteiger partial charge is 0.418 e. The van der Waals surface area contributed by atoms with Gasteiger partial charge in [0.15, 0.2) is 11.5 Å². The monoisotopic (exact) mass is 732 g/mol. The van der Waals surface area contributed by atoms with E-state index in [-0.39, 0.29) is 40.4 Å². The zero-order valence-corrected chi connectivity index (χ0v) is 28.1. The van der Waals surface area contributed by atoms with Gasteiger partial charge < -0.3 is 14.5 Å². The Morgan fingerprint density at radius 2 is 1.71 bits per heavy atom. The fraction of sp³-hybridized carbons (Fsp3) is 0.324. The molecule has 4 aromatic rings. The number of thiazole rings is 1. The van der Waals surface area contributed by atoms with Crippen LogP contribution in [-0.4, -0.2) is 29.2 Å². The Morgan fingerprint density at radius 3 is 2.44 bits per heavy atom. The van der Waals surface area contributed by atoms with Gasteiger partial charge in [0, 0.05) is 31.7 Å². The quantitative estimate of drug-likeness (QED) is 0.202. The number of hydrogen-bond acceptors (Lipinski definition) is 7. The molecule has 14 heteroatoms. The van der Waals surface area contributed by atoms with Gasteiger partial charge in [0.25, 0.3) is 0 Å². The summed E-state index contributed by atoms with van der Waals surface area (Å²) in [6, 6.07) is 15.4. The molecular formula is C34H25Cl2F3N2O5S2. The van der Waals surface area contributed by atoms with Crippen molar-refractivity contribution in [2.75, 3.05) is 12.0 Å². The third-order valence-corrected chi connectivity index (χ3v) is 13.3. The number of thioether (sulfide) groups is 1. The molecule has 248 valence electrons. The lowest BCUT2D eigenvalue weighted by molar-refractivity contribution is -0.137. The molecule has 2 amide bonds. The molecule has 1 N–H and O–H groups in total. The molecule has 5 unspecified atom stereocenters. The third kappa shape index (κ3) is 4.89. The van der Waals surface area contributed by atoms with Crippen molar-refractivity contribution in [1.82, 2.24) is 4.98 Å². The summed E-state index contributed by atoms with van der Waals surface area (Å²) in [6.07, 6.45) is -4.14. The molecule has 0 radical (unpaired) electrons. The van der Waals surface area contributed by atoms with Crippen molar-refractivity contribution in [3.05, 3.63) is 102 Å². The molecule has 3 heterocycles. The number of H-pyrrole nitrogens is 1. The highest BCUT2D eigenvalue weighted by atomic mass is 35.5. The lowest BCUT2D eigenvalue weighted by atomic mass is 9.68. The van der Waals surface area contributed by atoms with E-state index >= 15 is 0 Å². The van der Waals surface area contributed by atoms with E-state index in [0.29, 0.717) is 33.0 Å². The molecule has 7 nitrogen and oxygen atoms in total. The molecule has 48 heavy (non-hydrogen) atoms. The van der Waals surface area contributed by atoms with E-state index in [1.165, 1.54) is 37.1 Å². The van der Waals surface area contributed by atoms with Gasteiger partial charge in [-0.15, -0.1) is 11.8 Å². The molecule has 4 aliphatic rings. The van der Waals surface area contributed by atoms with Crippen LogP contribution in [0.15, 0.2) is 70.5 Å². The highest BCUT2D eigenvalue weighted by Crippen LogP contribution is 2.69. The second-order valence-electron chi connectivity index (χ2n) is 12.4. The van der Waals surface area contributed by atoms with Crippen LogP contribution in [0.1, 0.15) is 33.9 Å². The van der Waals surface area contributed by atoms with Gasteiger partial charge in [0.05, 0.1) is 35.2 Å². The van der Waals surface area contributed by atoms with Gasteiger partial charge in [0.2, 0.25) is 11.8 Å². The van der Waals surface area contributed by atoms with Gasteiger partial charge >= 0.3 is 11.0 Å². The topological polar surface area (TPSA) is 88.7 Å². The van der Waals surface area contributed by atoms with Crippen LogP contribution in [0, 0.1) is 29.6 Å². The number of ether oxygens (including phenoxy) is 2. The van der Waals surface area contributed by atoms with E-state index in [0.717, 1.165) is 38.3 Å². The van der Waals surface area contributed by atoms with Crippen LogP contribution in [0.3, 0.4) is 0 Å². The molecule has 7 atom stereocenters. The van der Waals surface area contributed by atoms with Crippen LogP contribution in [0.5, 0.6) is 11.5 Å². The van der Waals surface area contributed by atoms with Crippen LogP contribution < -0.4 is 19.2 Å². The Balaban J connectivity index is 1.15. The van der Waals surface area contributed by atoms with Crippen LogP contribution in [-0.2, 0) is 22.4 Å². The van der Waals surface area contributed by atoms with E-state index < -0.39 is 41.1 Å². The molecule has 2 saturated carbocycles. The molecule has 3 fully saturated rings. The minimum Gasteiger partial charge on any atom is -0.493 e. The van der Waals surface area contributed by atoms with E-state index in [9.17, 15) is 27.6 Å². The van der Waals surface area contributed by atoms with Gasteiger partial charge in [-0.1, -0.05) is 58.8 Å². The maximum Gasteiger partial charge on any atom is 0.418 e. The summed E-state index contributed by atoms with van der Waals surface area (Å²) >= 11 is 15.0. The van der Waals surface area contributed by atoms with Crippen molar-refractivity contribution in [3.8, 4) is 11.5 Å². The number of aromatic nitrogens is 1. The number of amides is 2. The third-order valence-electron chi connectivity index (χ3n) is 10.1. The zero-order valence-electron chi connectivity index (χ0n) is 24.9. The molecule has 2 aliphatic heterocycles. The summed E-state index contributed by atoms with van der Waals surface area (Å²) in [5.74, 6) is -2.72. The van der Waals surface area contributed by atoms with Crippen molar-refractivity contribution >= 4 is 63.8 Å². The normalized spacial score (nSPS) is 27.2. The van der Waals surface area contributed by atoms with Crippen LogP contribution in [0.25, 0.3) is 0 Å². The van der Waals surface area contributed by atoms with E-state index in [1.807, 2.05) is 12.1 Å². The second-order valence-corrected chi connectivity index (χ2v) is 15.5. The molecule has 2 aliphatic carbocycles. The van der Waals surface area contributed by atoms with Gasteiger partial charge in [0.1, 0.15) is 6.61 Å². The molecule has 1 aromatic heterocycles. The average Bonchev–Trinajstić information content (AvgIpc) is 3.79. The number of rotatable bonds is 6. The zero-order chi connectivity index (χ0) is 33.6. The highest BCUT2D eigenvalue weighted by molar-refractivity contribution is 8.00. The van der Waals surface area contributed by atoms with Crippen molar-refractivity contribution < 1.29 is 32.2 Å². The Morgan fingerprint density at radius 1 is 0.958 bits per heavy atom. The minimum atomic E-state index is -4.74. The summed E-state index contributed by atoms with van der Waals surface area (Å²) in [5, 5.41) is 1.56. The SMILES string of the molecule is COc1cc(C2c3sc(=O)[nH]c3SC3C2[C@H]2C[C@@H]3C3C(=O)N(c4ccccc4C(F)(F)F)C(=O)C32)ccc1OCc1ccc(Cl)cc1Cl. The first-order chi connectivity index (χ1) is 23.0. The predicted molar refractivity (Wildman–Crippen MR) is 176 cm³/mol. The van der Waals surface area contributed by atoms with Crippen molar-refractivity contribution in [1.29, 1.82) is 0 Å². The van der Waals surface area contributed by atoms with Crippen LogP contribution >= 0.6 is 46.3 Å². The maximum atomic E-state index is 14.0. The van der Waals surface area contributed by atoms with E-state index in [2.05, 4.69) is 4.98 Å². The standard InChI is InChI=1S/C34H25Cl2F3N2O5S2/c1-45-23-10-14(7-9-22(23)46-13-15-6-8-16(35)11-20(15)36)24-25-17-12-18(28(25)47-30-29(24)48-33(44)40-30)27-26(17)31(42)41(32(27)43)21-5-3-2-4-19(21)34(37,38)39/h2-11,17-18,24-28H,12-13H2,1H3,(H,40,44)/t17-,18-,24?,25?,26?,27?,28?/m1/s1. The number of para-hydroxylation sites is 1. The Labute approximate surface area is 290 Å². The number of carbonyl (C=O) groups is 2. The van der Waals surface area contributed by atoms with Gasteiger partial charge in [-0.05, 0) is 66.1 Å². The summed E-state index contributed by atoms with van der Waals surface area (Å²) in [7, 11) is 1.53. The Hall–Kier alpha value is -3.45. The number of methoxy groups -OCH3 is 1. The summed E-state index contributed by atoms with van der Waals surface area (Å²) in [5.41, 5.74) is 0.136. The van der Waals surface area contributed by atoms with Gasteiger partial charge in [-0.25, -0.2) is 4.90 Å². The number of alkyl halides is 3. The molecule has 8 rings (SSSR count). The average molecular weight is 734 g/mol. The first kappa shape index (κ1) is 31.8. The lowest BCUT2D eigenvalue weighted by Gasteiger charge is -2.43. The Kier molecular flexibility index (Phi) is 7.66. The number of aromatic amines is 1. The fourth-order valence-corrected chi connectivity index (χ4v) is 11.7. The molecule has 2 bridgehead atoms. The molecule has 1 saturated heterocycles. The number of fused-ring (bicyclic) bond motifs is 9. The maximum absolute atomic E-state index is 14.0. The molecular weight excluding hydrogens is 708 g/mol. The first-order valence-electron chi connectivity index (χ1n) is 15.1. The Bertz CT molecular complexity index is 2050. The number of halogens is 5. The first-order valence-corrected chi connectivity index (χ1v) is 17.6. The number of anilines is 1. The fourth-order valence-electron chi connectivity index (χ4n) is 8.33. The van der Waals surface area contributed by atoms with E-state index in [4.69, 9.17) is 32.7 Å².